The van der Waals surface area contributed by atoms with E-state index in [0.29, 0.717) is 18.9 Å². The molecule has 1 amide bonds. The molecular weight excluding hydrogens is 230 g/mol. The van der Waals surface area contributed by atoms with E-state index in [4.69, 9.17) is 5.73 Å². The molecule has 96 valence electrons. The van der Waals surface area contributed by atoms with E-state index in [2.05, 4.69) is 15.5 Å². The molecule has 2 rings (SSSR count). The normalized spacial score (nSPS) is 11.7. The summed E-state index contributed by atoms with van der Waals surface area (Å²) in [5.41, 5.74) is 5.75. The first-order valence-corrected chi connectivity index (χ1v) is 5.81. The van der Waals surface area contributed by atoms with Gasteiger partial charge in [-0.2, -0.15) is 0 Å². The fourth-order valence-corrected chi connectivity index (χ4v) is 1.50. The number of pyridine rings is 1. The molecule has 0 aromatic carbocycles. The Morgan fingerprint density at radius 2 is 2.22 bits per heavy atom. The Hall–Kier alpha value is -1.95. The van der Waals surface area contributed by atoms with Crippen LogP contribution in [0.2, 0.25) is 0 Å². The highest BCUT2D eigenvalue weighted by atomic mass is 16.2. The number of nitrogens with zero attached hydrogens (tertiary/aromatic N) is 3. The Kier molecular flexibility index (Phi) is 3.29. The summed E-state index contributed by atoms with van der Waals surface area (Å²) in [5, 5.41) is 10.9. The largest absolute Gasteiger partial charge is 0.348 e. The SMILES string of the molecule is CC(C)(CN)C(=O)NCc1nnc2ccccn12. The average Bonchev–Trinajstić information content (AvgIpc) is 2.79. The van der Waals surface area contributed by atoms with Crippen molar-refractivity contribution in [2.75, 3.05) is 6.54 Å². The fraction of sp³-hybridized carbons (Fsp3) is 0.417. The third-order valence-electron chi connectivity index (χ3n) is 2.92. The van der Waals surface area contributed by atoms with Crippen molar-refractivity contribution < 1.29 is 4.79 Å². The topological polar surface area (TPSA) is 85.3 Å². The summed E-state index contributed by atoms with van der Waals surface area (Å²) in [6.45, 7) is 4.27. The Balaban J connectivity index is 2.09. The van der Waals surface area contributed by atoms with E-state index in [0.717, 1.165) is 5.65 Å². The summed E-state index contributed by atoms with van der Waals surface area (Å²) in [5.74, 6) is 0.615. The highest BCUT2D eigenvalue weighted by Gasteiger charge is 2.25. The standard InChI is InChI=1S/C12H17N5O/c1-12(2,8-13)11(18)14-7-10-16-15-9-5-3-4-6-17(9)10/h3-6H,7-8,13H2,1-2H3,(H,14,18). The van der Waals surface area contributed by atoms with Gasteiger partial charge in [0, 0.05) is 12.7 Å². The summed E-state index contributed by atoms with van der Waals surface area (Å²) in [4.78, 5) is 11.9. The lowest BCUT2D eigenvalue weighted by molar-refractivity contribution is -0.129. The maximum Gasteiger partial charge on any atom is 0.227 e. The van der Waals surface area contributed by atoms with Crippen molar-refractivity contribution in [2.45, 2.75) is 20.4 Å². The lowest BCUT2D eigenvalue weighted by atomic mass is 9.93. The van der Waals surface area contributed by atoms with E-state index >= 15 is 0 Å². The third-order valence-corrected chi connectivity index (χ3v) is 2.92. The van der Waals surface area contributed by atoms with Crippen molar-refractivity contribution in [1.82, 2.24) is 19.9 Å². The molecule has 0 aliphatic rings. The fourth-order valence-electron chi connectivity index (χ4n) is 1.50. The summed E-state index contributed by atoms with van der Waals surface area (Å²) >= 11 is 0. The number of amides is 1. The molecule has 0 unspecified atom stereocenters. The van der Waals surface area contributed by atoms with Crippen molar-refractivity contribution >= 4 is 11.6 Å². The van der Waals surface area contributed by atoms with Crippen LogP contribution >= 0.6 is 0 Å². The minimum atomic E-state index is -0.569. The number of nitrogens with two attached hydrogens (primary N) is 1. The molecule has 0 spiro atoms. The monoisotopic (exact) mass is 247 g/mol. The zero-order valence-corrected chi connectivity index (χ0v) is 10.6. The van der Waals surface area contributed by atoms with Crippen molar-refractivity contribution in [3.05, 3.63) is 30.2 Å². The summed E-state index contributed by atoms with van der Waals surface area (Å²) in [6, 6.07) is 5.65. The van der Waals surface area contributed by atoms with Crippen LogP contribution in [0.5, 0.6) is 0 Å². The first kappa shape index (κ1) is 12.5. The predicted molar refractivity (Wildman–Crippen MR) is 67.7 cm³/mol. The molecule has 2 aromatic rings. The van der Waals surface area contributed by atoms with Gasteiger partial charge in [-0.25, -0.2) is 0 Å². The predicted octanol–water partition coefficient (Wildman–Crippen LogP) is 0.330. The molecule has 0 saturated heterocycles. The van der Waals surface area contributed by atoms with E-state index in [1.54, 1.807) is 0 Å². The van der Waals surface area contributed by atoms with E-state index in [1.807, 2.05) is 42.6 Å². The number of fused-ring (bicyclic) bond motifs is 1. The molecule has 3 N–H and O–H groups in total. The molecule has 2 heterocycles. The Bertz CT molecular complexity index is 560. The lowest BCUT2D eigenvalue weighted by Gasteiger charge is -2.20. The van der Waals surface area contributed by atoms with Gasteiger partial charge in [0.1, 0.15) is 0 Å². The van der Waals surface area contributed by atoms with Crippen LogP contribution in [-0.2, 0) is 11.3 Å². The van der Waals surface area contributed by atoms with Crippen molar-refractivity contribution in [3.63, 3.8) is 0 Å². The molecule has 6 nitrogen and oxygen atoms in total. The van der Waals surface area contributed by atoms with E-state index in [-0.39, 0.29) is 5.91 Å². The minimum absolute atomic E-state index is 0.0855. The first-order valence-electron chi connectivity index (χ1n) is 5.81. The number of nitrogens with one attached hydrogen (secondary N) is 1. The molecule has 0 saturated carbocycles. The second kappa shape index (κ2) is 4.73. The van der Waals surface area contributed by atoms with Gasteiger partial charge in [-0.3, -0.25) is 9.20 Å². The van der Waals surface area contributed by atoms with Crippen LogP contribution < -0.4 is 11.1 Å². The molecular formula is C12H17N5O. The first-order chi connectivity index (χ1) is 8.54. The maximum absolute atomic E-state index is 11.9. The van der Waals surface area contributed by atoms with Gasteiger partial charge in [0.15, 0.2) is 11.5 Å². The van der Waals surface area contributed by atoms with Crippen LogP contribution in [0.1, 0.15) is 19.7 Å². The molecule has 18 heavy (non-hydrogen) atoms. The number of carbonyl (C=O) groups is 1. The highest BCUT2D eigenvalue weighted by Crippen LogP contribution is 2.12. The van der Waals surface area contributed by atoms with Crippen LogP contribution in [-0.4, -0.2) is 27.0 Å². The van der Waals surface area contributed by atoms with Gasteiger partial charge in [-0.15, -0.1) is 10.2 Å². The highest BCUT2D eigenvalue weighted by molar-refractivity contribution is 5.81. The van der Waals surface area contributed by atoms with Crippen LogP contribution in [0, 0.1) is 5.41 Å². The van der Waals surface area contributed by atoms with Crippen LogP contribution in [0.4, 0.5) is 0 Å². The molecule has 0 aliphatic heterocycles. The number of aromatic nitrogens is 3. The number of hydrogen-bond donors (Lipinski definition) is 2. The lowest BCUT2D eigenvalue weighted by Crippen LogP contribution is -2.41. The molecule has 0 fully saturated rings. The second-order valence-corrected chi connectivity index (χ2v) is 4.82. The quantitative estimate of drug-likeness (QED) is 0.815. The average molecular weight is 247 g/mol. The van der Waals surface area contributed by atoms with Crippen molar-refractivity contribution in [1.29, 1.82) is 0 Å². The number of rotatable bonds is 4. The van der Waals surface area contributed by atoms with E-state index in [9.17, 15) is 4.79 Å². The van der Waals surface area contributed by atoms with Gasteiger partial charge in [-0.1, -0.05) is 6.07 Å². The molecule has 0 bridgehead atoms. The van der Waals surface area contributed by atoms with Gasteiger partial charge in [0.25, 0.3) is 0 Å². The summed E-state index contributed by atoms with van der Waals surface area (Å²) in [7, 11) is 0. The van der Waals surface area contributed by atoms with Gasteiger partial charge in [0.2, 0.25) is 5.91 Å². The maximum atomic E-state index is 11.9. The summed E-state index contributed by atoms with van der Waals surface area (Å²) in [6.07, 6.45) is 1.87. The van der Waals surface area contributed by atoms with E-state index < -0.39 is 5.41 Å². The Labute approximate surface area is 105 Å². The van der Waals surface area contributed by atoms with Crippen molar-refractivity contribution in [3.8, 4) is 0 Å². The third kappa shape index (κ3) is 2.33. The molecule has 0 aliphatic carbocycles. The molecule has 2 aromatic heterocycles. The summed E-state index contributed by atoms with van der Waals surface area (Å²) < 4.78 is 1.84. The second-order valence-electron chi connectivity index (χ2n) is 4.82. The van der Waals surface area contributed by atoms with Gasteiger partial charge < -0.3 is 11.1 Å². The molecule has 0 atom stereocenters. The number of carbonyl (C=O) groups excluding carboxylic acids is 1. The zero-order chi connectivity index (χ0) is 13.2. The minimum Gasteiger partial charge on any atom is -0.348 e. The smallest absolute Gasteiger partial charge is 0.227 e. The van der Waals surface area contributed by atoms with Crippen LogP contribution in [0.3, 0.4) is 0 Å². The molecule has 0 radical (unpaired) electrons. The van der Waals surface area contributed by atoms with Crippen LogP contribution in [0.25, 0.3) is 5.65 Å². The Morgan fingerprint density at radius 3 is 2.94 bits per heavy atom. The van der Waals surface area contributed by atoms with Gasteiger partial charge >= 0.3 is 0 Å². The van der Waals surface area contributed by atoms with E-state index in [1.165, 1.54) is 0 Å². The van der Waals surface area contributed by atoms with Gasteiger partial charge in [0.05, 0.1) is 12.0 Å². The number of hydrogen-bond acceptors (Lipinski definition) is 4. The van der Waals surface area contributed by atoms with Crippen molar-refractivity contribution in [2.24, 2.45) is 11.1 Å². The van der Waals surface area contributed by atoms with Crippen LogP contribution in [0.15, 0.2) is 24.4 Å². The van der Waals surface area contributed by atoms with Gasteiger partial charge in [-0.05, 0) is 26.0 Å². The Morgan fingerprint density at radius 1 is 1.44 bits per heavy atom. The zero-order valence-electron chi connectivity index (χ0n) is 10.6. The molecule has 6 heteroatoms.